The highest BCUT2D eigenvalue weighted by Gasteiger charge is 2.35. The number of nitrogens with zero attached hydrogens (tertiary/aromatic N) is 2. The Morgan fingerprint density at radius 1 is 0.930 bits per heavy atom. The molecule has 7 nitrogen and oxygen atoms in total. The molecule has 3 aromatic carbocycles. The van der Waals surface area contributed by atoms with Gasteiger partial charge < -0.3 is 10.2 Å². The number of amides is 2. The van der Waals surface area contributed by atoms with Gasteiger partial charge in [-0.25, -0.2) is 12.8 Å². The largest absolute Gasteiger partial charge is 0.352 e. The van der Waals surface area contributed by atoms with Crippen LogP contribution in [0.25, 0.3) is 0 Å². The molecule has 1 N–H and O–H groups in total. The fourth-order valence-electron chi connectivity index (χ4n) is 5.21. The maximum absolute atomic E-state index is 14.9. The Bertz CT molecular complexity index is 1550. The zero-order valence-corrected chi connectivity index (χ0v) is 26.7. The van der Waals surface area contributed by atoms with Crippen LogP contribution < -0.4 is 9.62 Å². The first-order valence-electron chi connectivity index (χ1n) is 13.9. The van der Waals surface area contributed by atoms with E-state index in [2.05, 4.69) is 5.32 Å². The molecule has 230 valence electrons. The molecule has 1 saturated carbocycles. The van der Waals surface area contributed by atoms with E-state index in [0.29, 0.717) is 0 Å². The van der Waals surface area contributed by atoms with E-state index in [4.69, 9.17) is 34.8 Å². The number of nitrogens with one attached hydrogen (secondary N) is 1. The van der Waals surface area contributed by atoms with Crippen LogP contribution in [-0.4, -0.2) is 50.0 Å². The van der Waals surface area contributed by atoms with Crippen LogP contribution in [0.1, 0.15) is 43.2 Å². The number of hydrogen-bond acceptors (Lipinski definition) is 4. The quantitative estimate of drug-likeness (QED) is 0.232. The third kappa shape index (κ3) is 8.85. The summed E-state index contributed by atoms with van der Waals surface area (Å²) in [6.45, 7) is -0.985. The predicted octanol–water partition coefficient (Wildman–Crippen LogP) is 6.64. The van der Waals surface area contributed by atoms with Crippen LogP contribution in [-0.2, 0) is 32.6 Å². The van der Waals surface area contributed by atoms with E-state index in [1.165, 1.54) is 35.2 Å². The zero-order valence-electron chi connectivity index (χ0n) is 23.6. The highest BCUT2D eigenvalue weighted by Crippen LogP contribution is 2.36. The average Bonchev–Trinajstić information content (AvgIpc) is 2.97. The molecule has 0 radical (unpaired) electrons. The Morgan fingerprint density at radius 3 is 2.21 bits per heavy atom. The van der Waals surface area contributed by atoms with Gasteiger partial charge in [-0.3, -0.25) is 13.9 Å². The molecule has 3 aromatic rings. The number of hydrogen-bond donors (Lipinski definition) is 1. The van der Waals surface area contributed by atoms with E-state index < -0.39 is 34.3 Å². The Kier molecular flexibility index (Phi) is 11.3. The molecule has 0 aliphatic heterocycles. The molecule has 2 amide bonds. The molecule has 1 aliphatic rings. The number of carbonyl (C=O) groups excluding carboxylic acids is 2. The first-order chi connectivity index (χ1) is 20.4. The Morgan fingerprint density at radius 2 is 1.56 bits per heavy atom. The second-order valence-corrected chi connectivity index (χ2v) is 13.8. The van der Waals surface area contributed by atoms with E-state index in [-0.39, 0.29) is 51.2 Å². The Hall–Kier alpha value is -2.85. The van der Waals surface area contributed by atoms with Crippen LogP contribution in [0.2, 0.25) is 15.1 Å². The molecule has 0 saturated heterocycles. The van der Waals surface area contributed by atoms with Crippen LogP contribution in [0.5, 0.6) is 0 Å². The molecule has 43 heavy (non-hydrogen) atoms. The van der Waals surface area contributed by atoms with Gasteiger partial charge in [0.25, 0.3) is 0 Å². The van der Waals surface area contributed by atoms with Crippen molar-refractivity contribution in [2.24, 2.45) is 0 Å². The maximum Gasteiger partial charge on any atom is 0.244 e. The Balaban J connectivity index is 1.76. The second-order valence-electron chi connectivity index (χ2n) is 10.6. The zero-order chi connectivity index (χ0) is 31.1. The highest BCUT2D eigenvalue weighted by atomic mass is 35.5. The number of benzene rings is 3. The topological polar surface area (TPSA) is 86.8 Å². The fourth-order valence-corrected chi connectivity index (χ4v) is 6.75. The first kappa shape index (κ1) is 33.1. The summed E-state index contributed by atoms with van der Waals surface area (Å²) in [5, 5.41) is 3.21. The smallest absolute Gasteiger partial charge is 0.244 e. The maximum atomic E-state index is 14.9. The van der Waals surface area contributed by atoms with Gasteiger partial charge in [-0.15, -0.1) is 0 Å². The summed E-state index contributed by atoms with van der Waals surface area (Å²) in [4.78, 5) is 29.4. The summed E-state index contributed by atoms with van der Waals surface area (Å²) in [5.41, 5.74) is 0.909. The standard InChI is InChI=1S/C31H33Cl3FN3O4S/c1-43(41,42)38(28-18-25(33)24(32)17-26(28)34)20-30(39)37(19-22-12-8-9-15-27(22)35)29(16-21-10-4-2-5-11-21)31(40)36-23-13-6-3-7-14-23/h2,4-5,8-12,15,17-18,23,29H,3,6-7,13-14,16,19-20H2,1H3,(H,36,40)/t29-/m0/s1. The van der Waals surface area contributed by atoms with Crippen LogP contribution in [0, 0.1) is 5.82 Å². The third-order valence-electron chi connectivity index (χ3n) is 7.46. The lowest BCUT2D eigenvalue weighted by Crippen LogP contribution is -2.55. The molecular formula is C31H33Cl3FN3O4S. The van der Waals surface area contributed by atoms with Gasteiger partial charge in [-0.1, -0.05) is 103 Å². The summed E-state index contributed by atoms with van der Waals surface area (Å²) in [6.07, 6.45) is 5.77. The lowest BCUT2D eigenvalue weighted by Gasteiger charge is -2.35. The molecule has 0 bridgehead atoms. The fraction of sp³-hybridized carbons (Fsp3) is 0.355. The van der Waals surface area contributed by atoms with Gasteiger partial charge in [0.2, 0.25) is 21.8 Å². The van der Waals surface area contributed by atoms with Gasteiger partial charge in [0, 0.05) is 24.6 Å². The van der Waals surface area contributed by atoms with E-state index in [9.17, 15) is 22.4 Å². The molecule has 12 heteroatoms. The lowest BCUT2D eigenvalue weighted by atomic mass is 9.94. The monoisotopic (exact) mass is 667 g/mol. The van der Waals surface area contributed by atoms with Gasteiger partial charge in [-0.05, 0) is 36.6 Å². The number of halogens is 4. The van der Waals surface area contributed by atoms with Gasteiger partial charge in [0.15, 0.2) is 0 Å². The van der Waals surface area contributed by atoms with Crippen molar-refractivity contribution in [3.8, 4) is 0 Å². The third-order valence-corrected chi connectivity index (χ3v) is 9.61. The minimum absolute atomic E-state index is 0.0378. The number of anilines is 1. The van der Waals surface area contributed by atoms with Crippen molar-refractivity contribution in [3.63, 3.8) is 0 Å². The van der Waals surface area contributed by atoms with Gasteiger partial charge in [0.1, 0.15) is 18.4 Å². The number of sulfonamides is 1. The van der Waals surface area contributed by atoms with Crippen molar-refractivity contribution in [3.05, 3.63) is 98.7 Å². The van der Waals surface area contributed by atoms with Crippen molar-refractivity contribution in [2.45, 2.75) is 57.2 Å². The average molecular weight is 669 g/mol. The highest BCUT2D eigenvalue weighted by molar-refractivity contribution is 7.92. The van der Waals surface area contributed by atoms with Crippen LogP contribution in [0.3, 0.4) is 0 Å². The van der Waals surface area contributed by atoms with E-state index >= 15 is 0 Å². The molecule has 1 aliphatic carbocycles. The lowest BCUT2D eigenvalue weighted by molar-refractivity contribution is -0.140. The molecule has 4 rings (SSSR count). The van der Waals surface area contributed by atoms with Crippen LogP contribution >= 0.6 is 34.8 Å². The SMILES string of the molecule is CS(=O)(=O)N(CC(=O)N(Cc1ccccc1F)[C@@H](Cc1ccccc1)C(=O)NC1CCCCC1)c1cc(Cl)c(Cl)cc1Cl. The summed E-state index contributed by atoms with van der Waals surface area (Å²) >= 11 is 18.6. The second kappa shape index (κ2) is 14.8. The van der Waals surface area contributed by atoms with Crippen molar-refractivity contribution >= 4 is 62.3 Å². The molecular weight excluding hydrogens is 636 g/mol. The van der Waals surface area contributed by atoms with Crippen LogP contribution in [0.15, 0.2) is 66.7 Å². The molecule has 0 spiro atoms. The van der Waals surface area contributed by atoms with Crippen molar-refractivity contribution < 1.29 is 22.4 Å². The summed E-state index contributed by atoms with van der Waals surface area (Å²) < 4.78 is 41.7. The van der Waals surface area contributed by atoms with Gasteiger partial charge in [-0.2, -0.15) is 0 Å². The Labute approximate surface area is 267 Å². The molecule has 1 atom stereocenters. The van der Waals surface area contributed by atoms with E-state index in [1.807, 2.05) is 30.3 Å². The van der Waals surface area contributed by atoms with E-state index in [0.717, 1.165) is 48.2 Å². The van der Waals surface area contributed by atoms with Gasteiger partial charge >= 0.3 is 0 Å². The normalized spacial score (nSPS) is 14.6. The summed E-state index contributed by atoms with van der Waals surface area (Å²) in [6, 6.07) is 16.6. The molecule has 1 fully saturated rings. The summed E-state index contributed by atoms with van der Waals surface area (Å²) in [7, 11) is -4.08. The van der Waals surface area contributed by atoms with Gasteiger partial charge in [0.05, 0.1) is 27.0 Å². The minimum Gasteiger partial charge on any atom is -0.352 e. The van der Waals surface area contributed by atoms with Crippen molar-refractivity contribution in [1.29, 1.82) is 0 Å². The van der Waals surface area contributed by atoms with Crippen molar-refractivity contribution in [1.82, 2.24) is 10.2 Å². The predicted molar refractivity (Wildman–Crippen MR) is 170 cm³/mol. The van der Waals surface area contributed by atoms with E-state index in [1.54, 1.807) is 6.07 Å². The first-order valence-corrected chi connectivity index (χ1v) is 16.9. The molecule has 0 aromatic heterocycles. The number of rotatable bonds is 11. The van der Waals surface area contributed by atoms with Crippen LogP contribution in [0.4, 0.5) is 10.1 Å². The molecule has 0 unspecified atom stereocenters. The summed E-state index contributed by atoms with van der Waals surface area (Å²) in [5.74, 6) is -1.67. The number of carbonyl (C=O) groups is 2. The minimum atomic E-state index is -4.08. The van der Waals surface area contributed by atoms with Crippen molar-refractivity contribution in [2.75, 3.05) is 17.1 Å². The molecule has 0 heterocycles.